The number of para-hydroxylation sites is 1. The highest BCUT2D eigenvalue weighted by atomic mass is 32.1. The summed E-state index contributed by atoms with van der Waals surface area (Å²) in [4.78, 5) is 20.1. The summed E-state index contributed by atoms with van der Waals surface area (Å²) in [7, 11) is 0. The number of amides is 1. The number of hydrogen-bond donors (Lipinski definition) is 2. The summed E-state index contributed by atoms with van der Waals surface area (Å²) in [5.74, 6) is -0.196. The third-order valence-electron chi connectivity index (χ3n) is 3.87. The number of nitrogens with one attached hydrogen (secondary N) is 2. The van der Waals surface area contributed by atoms with Crippen LogP contribution in [0.25, 0.3) is 22.2 Å². The normalized spacial score (nSPS) is 10.5. The largest absolute Gasteiger partial charge is 0.360 e. The number of hydrogen-bond acceptors (Lipinski definition) is 4. The van der Waals surface area contributed by atoms with Crippen LogP contribution in [0.1, 0.15) is 15.9 Å². The Morgan fingerprint density at radius 2 is 1.96 bits per heavy atom. The van der Waals surface area contributed by atoms with Gasteiger partial charge in [0.05, 0.1) is 22.9 Å². The molecular formula is C19H12N4OS. The Kier molecular flexibility index (Phi) is 3.77. The van der Waals surface area contributed by atoms with E-state index in [0.717, 1.165) is 22.2 Å². The van der Waals surface area contributed by atoms with Crippen LogP contribution >= 0.6 is 11.3 Å². The van der Waals surface area contributed by atoms with Crippen LogP contribution in [-0.4, -0.2) is 15.9 Å². The quantitative estimate of drug-likeness (QED) is 0.577. The van der Waals surface area contributed by atoms with Gasteiger partial charge in [-0.05, 0) is 18.2 Å². The molecule has 1 amide bonds. The van der Waals surface area contributed by atoms with E-state index in [0.29, 0.717) is 16.3 Å². The van der Waals surface area contributed by atoms with Crippen molar-refractivity contribution in [3.63, 3.8) is 0 Å². The lowest BCUT2D eigenvalue weighted by Gasteiger charge is -2.00. The molecule has 0 aliphatic rings. The van der Waals surface area contributed by atoms with E-state index >= 15 is 0 Å². The summed E-state index contributed by atoms with van der Waals surface area (Å²) >= 11 is 1.37. The SMILES string of the molecule is N#Cc1ccc(-c2csc(NC(=O)c3c[nH]c4ccccc34)n2)cc1. The maximum absolute atomic E-state index is 12.5. The molecule has 0 spiro atoms. The van der Waals surface area contributed by atoms with Crippen LogP contribution in [0.4, 0.5) is 5.13 Å². The molecule has 5 nitrogen and oxygen atoms in total. The van der Waals surface area contributed by atoms with E-state index in [1.165, 1.54) is 11.3 Å². The predicted octanol–water partition coefficient (Wildman–Crippen LogP) is 4.42. The van der Waals surface area contributed by atoms with Crippen molar-refractivity contribution in [3.8, 4) is 17.3 Å². The molecule has 0 fully saturated rings. The first-order chi connectivity index (χ1) is 12.2. The van der Waals surface area contributed by atoms with Gasteiger partial charge in [0.2, 0.25) is 0 Å². The maximum Gasteiger partial charge on any atom is 0.259 e. The van der Waals surface area contributed by atoms with Gasteiger partial charge in [-0.2, -0.15) is 5.26 Å². The molecule has 0 radical (unpaired) electrons. The summed E-state index contributed by atoms with van der Waals surface area (Å²) in [5, 5.41) is 15.0. The predicted molar refractivity (Wildman–Crippen MR) is 98.5 cm³/mol. The Balaban J connectivity index is 1.56. The topological polar surface area (TPSA) is 81.6 Å². The van der Waals surface area contributed by atoms with Gasteiger partial charge < -0.3 is 4.98 Å². The number of aromatic nitrogens is 2. The highest BCUT2D eigenvalue weighted by Crippen LogP contribution is 2.26. The van der Waals surface area contributed by atoms with Crippen LogP contribution in [0.2, 0.25) is 0 Å². The molecule has 120 valence electrons. The van der Waals surface area contributed by atoms with E-state index in [-0.39, 0.29) is 5.91 Å². The molecule has 2 N–H and O–H groups in total. The van der Waals surface area contributed by atoms with Crippen LogP contribution in [0, 0.1) is 11.3 Å². The molecule has 6 heteroatoms. The van der Waals surface area contributed by atoms with Gasteiger partial charge >= 0.3 is 0 Å². The second-order valence-electron chi connectivity index (χ2n) is 5.43. The number of rotatable bonds is 3. The summed E-state index contributed by atoms with van der Waals surface area (Å²) in [6.07, 6.45) is 1.70. The summed E-state index contributed by atoms with van der Waals surface area (Å²) in [6.45, 7) is 0. The number of nitriles is 1. The second kappa shape index (κ2) is 6.23. The number of nitrogens with zero attached hydrogens (tertiary/aromatic N) is 2. The van der Waals surface area contributed by atoms with Crippen molar-refractivity contribution in [3.05, 3.63) is 71.2 Å². The van der Waals surface area contributed by atoms with Gasteiger partial charge in [0.15, 0.2) is 5.13 Å². The van der Waals surface area contributed by atoms with Crippen molar-refractivity contribution in [1.29, 1.82) is 5.26 Å². The first-order valence-corrected chi connectivity index (χ1v) is 8.46. The van der Waals surface area contributed by atoms with Crippen LogP contribution in [-0.2, 0) is 0 Å². The van der Waals surface area contributed by atoms with Crippen molar-refractivity contribution in [2.24, 2.45) is 0 Å². The van der Waals surface area contributed by atoms with Crippen molar-refractivity contribution < 1.29 is 4.79 Å². The Morgan fingerprint density at radius 1 is 1.16 bits per heavy atom. The third kappa shape index (κ3) is 2.89. The van der Waals surface area contributed by atoms with E-state index in [2.05, 4.69) is 21.4 Å². The molecule has 0 aliphatic heterocycles. The zero-order valence-corrected chi connectivity index (χ0v) is 13.8. The maximum atomic E-state index is 12.5. The van der Waals surface area contributed by atoms with Crippen LogP contribution < -0.4 is 5.32 Å². The van der Waals surface area contributed by atoms with Gasteiger partial charge in [-0.1, -0.05) is 30.3 Å². The molecule has 0 unspecified atom stereocenters. The molecule has 4 aromatic rings. The lowest BCUT2D eigenvalue weighted by Crippen LogP contribution is -2.11. The first kappa shape index (κ1) is 15.1. The number of fused-ring (bicyclic) bond motifs is 1. The minimum Gasteiger partial charge on any atom is -0.360 e. The van der Waals surface area contributed by atoms with Crippen molar-refractivity contribution in [1.82, 2.24) is 9.97 Å². The number of carbonyl (C=O) groups is 1. The molecule has 0 saturated heterocycles. The summed E-state index contributed by atoms with van der Waals surface area (Å²) in [6, 6.07) is 16.9. The van der Waals surface area contributed by atoms with Gasteiger partial charge in [0.25, 0.3) is 5.91 Å². The van der Waals surface area contributed by atoms with Crippen molar-refractivity contribution >= 4 is 33.3 Å². The van der Waals surface area contributed by atoms with Crippen molar-refractivity contribution in [2.75, 3.05) is 5.32 Å². The Morgan fingerprint density at radius 3 is 2.76 bits per heavy atom. The van der Waals surface area contributed by atoms with E-state index < -0.39 is 0 Å². The first-order valence-electron chi connectivity index (χ1n) is 7.58. The fourth-order valence-electron chi connectivity index (χ4n) is 2.60. The number of thiazole rings is 1. The van der Waals surface area contributed by atoms with Crippen molar-refractivity contribution in [2.45, 2.75) is 0 Å². The fraction of sp³-hybridized carbons (Fsp3) is 0. The lowest BCUT2D eigenvalue weighted by atomic mass is 10.1. The second-order valence-corrected chi connectivity index (χ2v) is 6.29. The Hall–Kier alpha value is -3.43. The number of benzene rings is 2. The number of anilines is 1. The fourth-order valence-corrected chi connectivity index (χ4v) is 3.32. The number of aromatic amines is 1. The van der Waals surface area contributed by atoms with E-state index in [4.69, 9.17) is 5.26 Å². The molecule has 0 saturated carbocycles. The lowest BCUT2D eigenvalue weighted by molar-refractivity contribution is 0.102. The molecule has 0 bridgehead atoms. The highest BCUT2D eigenvalue weighted by molar-refractivity contribution is 7.14. The molecular weight excluding hydrogens is 332 g/mol. The van der Waals surface area contributed by atoms with Gasteiger partial charge in [0, 0.05) is 28.0 Å². The minimum absolute atomic E-state index is 0.196. The zero-order chi connectivity index (χ0) is 17.2. The molecule has 0 aliphatic carbocycles. The van der Waals surface area contributed by atoms with Crippen LogP contribution in [0.5, 0.6) is 0 Å². The average Bonchev–Trinajstić information content (AvgIpc) is 3.28. The summed E-state index contributed by atoms with van der Waals surface area (Å²) < 4.78 is 0. The number of carbonyl (C=O) groups excluding carboxylic acids is 1. The average molecular weight is 344 g/mol. The van der Waals surface area contributed by atoms with Crippen LogP contribution in [0.3, 0.4) is 0 Å². The van der Waals surface area contributed by atoms with Gasteiger partial charge in [-0.25, -0.2) is 4.98 Å². The van der Waals surface area contributed by atoms with Gasteiger partial charge in [-0.3, -0.25) is 10.1 Å². The Bertz CT molecular complexity index is 1100. The molecule has 2 aromatic heterocycles. The van der Waals surface area contributed by atoms with Gasteiger partial charge in [0.1, 0.15) is 0 Å². The number of H-pyrrole nitrogens is 1. The van der Waals surface area contributed by atoms with E-state index in [1.54, 1.807) is 18.3 Å². The van der Waals surface area contributed by atoms with E-state index in [9.17, 15) is 4.79 Å². The molecule has 2 aromatic carbocycles. The smallest absolute Gasteiger partial charge is 0.259 e. The monoisotopic (exact) mass is 344 g/mol. The summed E-state index contributed by atoms with van der Waals surface area (Å²) in [5.41, 5.74) is 3.79. The Labute approximate surface area is 147 Å². The van der Waals surface area contributed by atoms with Crippen LogP contribution in [0.15, 0.2) is 60.1 Å². The molecule has 0 atom stereocenters. The molecule has 2 heterocycles. The standard InChI is InChI=1S/C19H12N4OS/c20-9-12-5-7-13(8-6-12)17-11-25-19(22-17)23-18(24)15-10-21-16-4-2-1-3-14(15)16/h1-8,10-11,21H,(H,22,23,24). The molecule has 4 rings (SSSR count). The highest BCUT2D eigenvalue weighted by Gasteiger charge is 2.14. The third-order valence-corrected chi connectivity index (χ3v) is 4.63. The van der Waals surface area contributed by atoms with Gasteiger partial charge in [-0.15, -0.1) is 11.3 Å². The molecule has 25 heavy (non-hydrogen) atoms. The minimum atomic E-state index is -0.196. The zero-order valence-electron chi connectivity index (χ0n) is 13.0. The van der Waals surface area contributed by atoms with E-state index in [1.807, 2.05) is 41.8 Å².